The van der Waals surface area contributed by atoms with Crippen molar-refractivity contribution in [1.82, 2.24) is 25.0 Å². The first kappa shape index (κ1) is 17.9. The standard InChI is InChI=1S/C22H29N5O/c1-14-3-5-16(6-4-14)18-13-27(20(28)8-7-19-23-15(2)24-25-19)21-17-9-11-26(12-10-17)22(18)21/h3-6,17-18,21-22H,7-13H2,1-2H3,(H,23,24,25)/t18-,21+,22+/m0/s1. The van der Waals surface area contributed by atoms with Crippen LogP contribution in [0.2, 0.25) is 0 Å². The quantitative estimate of drug-likeness (QED) is 0.886. The molecule has 2 bridgehead atoms. The van der Waals surface area contributed by atoms with Crippen molar-refractivity contribution in [3.05, 3.63) is 47.0 Å². The molecule has 6 heteroatoms. The molecule has 1 aromatic heterocycles. The van der Waals surface area contributed by atoms with Crippen molar-refractivity contribution in [1.29, 1.82) is 0 Å². The zero-order valence-corrected chi connectivity index (χ0v) is 16.8. The molecule has 28 heavy (non-hydrogen) atoms. The van der Waals surface area contributed by atoms with Gasteiger partial charge in [0, 0.05) is 31.3 Å². The lowest BCUT2D eigenvalue weighted by Crippen LogP contribution is -2.60. The molecule has 0 radical (unpaired) electrons. The highest BCUT2D eigenvalue weighted by molar-refractivity contribution is 5.77. The molecule has 3 atom stereocenters. The molecule has 0 saturated carbocycles. The van der Waals surface area contributed by atoms with Gasteiger partial charge in [-0.15, -0.1) is 0 Å². The summed E-state index contributed by atoms with van der Waals surface area (Å²) in [6.07, 6.45) is 3.56. The van der Waals surface area contributed by atoms with E-state index in [4.69, 9.17) is 0 Å². The third-order valence-corrected chi connectivity index (χ3v) is 7.03. The summed E-state index contributed by atoms with van der Waals surface area (Å²) in [5.74, 6) is 2.88. The van der Waals surface area contributed by atoms with Gasteiger partial charge in [-0.25, -0.2) is 4.98 Å². The van der Waals surface area contributed by atoms with Crippen LogP contribution in [0.4, 0.5) is 0 Å². The molecule has 6 rings (SSSR count). The van der Waals surface area contributed by atoms with Gasteiger partial charge in [0.1, 0.15) is 5.82 Å². The van der Waals surface area contributed by atoms with E-state index in [0.717, 1.165) is 18.2 Å². The number of fused-ring (bicyclic) bond motifs is 2. The topological polar surface area (TPSA) is 65.1 Å². The first-order chi connectivity index (χ1) is 13.6. The molecule has 1 N–H and O–H groups in total. The summed E-state index contributed by atoms with van der Waals surface area (Å²) in [5, 5.41) is 7.06. The van der Waals surface area contributed by atoms with Gasteiger partial charge in [-0.2, -0.15) is 5.10 Å². The average molecular weight is 380 g/mol. The van der Waals surface area contributed by atoms with E-state index in [2.05, 4.69) is 56.2 Å². The van der Waals surface area contributed by atoms with Crippen molar-refractivity contribution in [3.63, 3.8) is 0 Å². The van der Waals surface area contributed by atoms with Crippen LogP contribution in [-0.4, -0.2) is 62.6 Å². The van der Waals surface area contributed by atoms with E-state index in [-0.39, 0.29) is 5.91 Å². The molecule has 0 unspecified atom stereocenters. The van der Waals surface area contributed by atoms with E-state index < -0.39 is 0 Å². The van der Waals surface area contributed by atoms with Crippen molar-refractivity contribution in [2.75, 3.05) is 19.6 Å². The first-order valence-corrected chi connectivity index (χ1v) is 10.6. The highest BCUT2D eigenvalue weighted by Crippen LogP contribution is 2.46. The van der Waals surface area contributed by atoms with E-state index in [9.17, 15) is 4.79 Å². The van der Waals surface area contributed by atoms with Crippen molar-refractivity contribution in [2.45, 2.75) is 57.5 Å². The van der Waals surface area contributed by atoms with E-state index in [1.54, 1.807) is 0 Å². The highest BCUT2D eigenvalue weighted by Gasteiger charge is 2.54. The van der Waals surface area contributed by atoms with Crippen LogP contribution in [0, 0.1) is 19.8 Å². The van der Waals surface area contributed by atoms with Gasteiger partial charge in [0.2, 0.25) is 5.91 Å². The van der Waals surface area contributed by atoms with Crippen LogP contribution in [0.1, 0.15) is 48.0 Å². The van der Waals surface area contributed by atoms with Gasteiger partial charge in [-0.1, -0.05) is 29.8 Å². The maximum Gasteiger partial charge on any atom is 0.223 e. The van der Waals surface area contributed by atoms with Crippen LogP contribution in [0.25, 0.3) is 0 Å². The molecule has 1 amide bonds. The number of hydrogen-bond acceptors (Lipinski definition) is 4. The molecular formula is C22H29N5O. The predicted molar refractivity (Wildman–Crippen MR) is 107 cm³/mol. The molecule has 4 aliphatic heterocycles. The largest absolute Gasteiger partial charge is 0.337 e. The number of nitrogens with one attached hydrogen (secondary N) is 1. The van der Waals surface area contributed by atoms with Crippen LogP contribution in [0.15, 0.2) is 24.3 Å². The molecule has 5 heterocycles. The van der Waals surface area contributed by atoms with Gasteiger partial charge in [-0.05, 0) is 51.3 Å². The number of piperidine rings is 3. The number of nitrogens with zero attached hydrogens (tertiary/aromatic N) is 4. The zero-order valence-electron chi connectivity index (χ0n) is 16.8. The van der Waals surface area contributed by atoms with Gasteiger partial charge < -0.3 is 4.90 Å². The SMILES string of the molecule is Cc1ccc([C@@H]2CN(C(=O)CCc3n[nH]c(C)n3)[C@@H]3C4CCN(CC4)[C@@H]32)cc1. The minimum absolute atomic E-state index is 0.265. The molecule has 4 fully saturated rings. The highest BCUT2D eigenvalue weighted by atomic mass is 16.2. The van der Waals surface area contributed by atoms with Gasteiger partial charge in [-0.3, -0.25) is 14.8 Å². The molecule has 0 aliphatic carbocycles. The average Bonchev–Trinajstić information content (AvgIpc) is 3.33. The zero-order chi connectivity index (χ0) is 19.3. The molecular weight excluding hydrogens is 350 g/mol. The van der Waals surface area contributed by atoms with Crippen molar-refractivity contribution < 1.29 is 4.79 Å². The summed E-state index contributed by atoms with van der Waals surface area (Å²) in [5.41, 5.74) is 2.67. The second kappa shape index (κ2) is 6.99. The van der Waals surface area contributed by atoms with Gasteiger partial charge in [0.25, 0.3) is 0 Å². The second-order valence-corrected chi connectivity index (χ2v) is 8.75. The first-order valence-electron chi connectivity index (χ1n) is 10.6. The Balaban J connectivity index is 1.38. The maximum absolute atomic E-state index is 13.2. The van der Waals surface area contributed by atoms with E-state index in [0.29, 0.717) is 36.8 Å². The van der Waals surface area contributed by atoms with Crippen LogP contribution >= 0.6 is 0 Å². The van der Waals surface area contributed by atoms with Crippen molar-refractivity contribution in [2.24, 2.45) is 5.92 Å². The number of rotatable bonds is 4. The number of carbonyl (C=O) groups is 1. The lowest BCUT2D eigenvalue weighted by atomic mass is 9.75. The Hall–Kier alpha value is -2.21. The summed E-state index contributed by atoms with van der Waals surface area (Å²) in [7, 11) is 0. The van der Waals surface area contributed by atoms with E-state index >= 15 is 0 Å². The number of benzene rings is 1. The Kier molecular flexibility index (Phi) is 4.46. The second-order valence-electron chi connectivity index (χ2n) is 8.75. The summed E-state index contributed by atoms with van der Waals surface area (Å²) in [6.45, 7) is 7.24. The van der Waals surface area contributed by atoms with E-state index in [1.807, 2.05) is 6.92 Å². The number of H-pyrrole nitrogens is 1. The number of aryl methyl sites for hydroxylation is 3. The fourth-order valence-corrected chi connectivity index (χ4v) is 5.67. The number of carbonyl (C=O) groups excluding carboxylic acids is 1. The summed E-state index contributed by atoms with van der Waals surface area (Å²) in [4.78, 5) is 22.5. The predicted octanol–water partition coefficient (Wildman–Crippen LogP) is 2.44. The lowest BCUT2D eigenvalue weighted by Gasteiger charge is -2.51. The summed E-state index contributed by atoms with van der Waals surface area (Å²) < 4.78 is 0. The number of aromatic amines is 1. The fourth-order valence-electron chi connectivity index (χ4n) is 5.67. The Morgan fingerprint density at radius 2 is 1.89 bits per heavy atom. The normalized spacial score (nSPS) is 31.2. The van der Waals surface area contributed by atoms with E-state index in [1.165, 1.54) is 37.1 Å². The van der Waals surface area contributed by atoms with Crippen LogP contribution in [-0.2, 0) is 11.2 Å². The summed E-state index contributed by atoms with van der Waals surface area (Å²) in [6, 6.07) is 9.80. The molecule has 4 saturated heterocycles. The number of amides is 1. The Labute approximate surface area is 166 Å². The third-order valence-electron chi connectivity index (χ3n) is 7.03. The molecule has 4 aliphatic rings. The molecule has 0 spiro atoms. The molecule has 148 valence electrons. The Bertz CT molecular complexity index is 852. The van der Waals surface area contributed by atoms with Crippen LogP contribution in [0.3, 0.4) is 0 Å². The molecule has 1 aromatic carbocycles. The molecule has 2 aromatic rings. The van der Waals surface area contributed by atoms with Gasteiger partial charge >= 0.3 is 0 Å². The fraction of sp³-hybridized carbons (Fsp3) is 0.591. The Morgan fingerprint density at radius 1 is 1.14 bits per heavy atom. The molecule has 6 nitrogen and oxygen atoms in total. The maximum atomic E-state index is 13.2. The monoisotopic (exact) mass is 379 g/mol. The summed E-state index contributed by atoms with van der Waals surface area (Å²) >= 11 is 0. The number of likely N-dealkylation sites (tertiary alicyclic amines) is 1. The number of hydrogen-bond donors (Lipinski definition) is 1. The van der Waals surface area contributed by atoms with Crippen LogP contribution < -0.4 is 0 Å². The minimum atomic E-state index is 0.265. The minimum Gasteiger partial charge on any atom is -0.337 e. The van der Waals surface area contributed by atoms with Gasteiger partial charge in [0.05, 0.1) is 6.04 Å². The van der Waals surface area contributed by atoms with Crippen LogP contribution in [0.5, 0.6) is 0 Å². The van der Waals surface area contributed by atoms with Gasteiger partial charge in [0.15, 0.2) is 5.82 Å². The van der Waals surface area contributed by atoms with Crippen molar-refractivity contribution in [3.8, 4) is 0 Å². The lowest BCUT2D eigenvalue weighted by molar-refractivity contribution is -0.136. The smallest absolute Gasteiger partial charge is 0.223 e. The Morgan fingerprint density at radius 3 is 2.57 bits per heavy atom. The number of aromatic nitrogens is 3. The van der Waals surface area contributed by atoms with Crippen molar-refractivity contribution >= 4 is 5.91 Å². The third kappa shape index (κ3) is 3.04.